The quantitative estimate of drug-likeness (QED) is 0.484. The number of anilines is 1. The first-order chi connectivity index (χ1) is 9.90. The second-order valence-corrected chi connectivity index (χ2v) is 5.16. The fourth-order valence-electron chi connectivity index (χ4n) is 2.50. The van der Waals surface area contributed by atoms with Crippen LogP contribution in [0.5, 0.6) is 5.88 Å². The molecule has 0 aliphatic carbocycles. The lowest BCUT2D eigenvalue weighted by atomic mass is 10.0. The third kappa shape index (κ3) is 3.56. The van der Waals surface area contributed by atoms with Gasteiger partial charge in [0, 0.05) is 12.8 Å². The van der Waals surface area contributed by atoms with Gasteiger partial charge in [0.2, 0.25) is 5.95 Å². The van der Waals surface area contributed by atoms with Crippen molar-refractivity contribution in [2.75, 3.05) is 5.43 Å². The van der Waals surface area contributed by atoms with E-state index >= 15 is 0 Å². The van der Waals surface area contributed by atoms with Gasteiger partial charge in [-0.25, -0.2) is 10.8 Å². The summed E-state index contributed by atoms with van der Waals surface area (Å²) in [6, 6.07) is 0. The minimum absolute atomic E-state index is 0.0350. The highest BCUT2D eigenvalue weighted by atomic mass is 16.6. The Morgan fingerprint density at radius 3 is 2.52 bits per heavy atom. The van der Waals surface area contributed by atoms with Crippen LogP contribution >= 0.6 is 0 Å². The fraction of sp³-hybridized carbons (Fsp3) is 0.667. The molecule has 9 nitrogen and oxygen atoms in total. The summed E-state index contributed by atoms with van der Waals surface area (Å²) in [6.45, 7) is 5.40. The van der Waals surface area contributed by atoms with Gasteiger partial charge in [-0.05, 0) is 20.8 Å². The number of hydrogen-bond acceptors (Lipinski definition) is 8. The van der Waals surface area contributed by atoms with Crippen molar-refractivity contribution in [1.29, 1.82) is 0 Å². The highest BCUT2D eigenvalue weighted by Gasteiger charge is 2.30. The standard InChI is InChI=1S/C12H19N5O4/c1-6-4-9(5-7(2)20-6)21-11-10(17(18)19)8(3)14-12(15-11)16-13/h6-7,9H,4-5,13H2,1-3H3,(H,14,15,16). The van der Waals surface area contributed by atoms with Crippen LogP contribution in [0.25, 0.3) is 0 Å². The first kappa shape index (κ1) is 15.4. The van der Waals surface area contributed by atoms with Crippen molar-refractivity contribution in [2.24, 2.45) is 5.84 Å². The smallest absolute Gasteiger partial charge is 0.352 e. The van der Waals surface area contributed by atoms with Crippen molar-refractivity contribution in [3.05, 3.63) is 15.8 Å². The van der Waals surface area contributed by atoms with Gasteiger partial charge in [-0.1, -0.05) is 0 Å². The molecule has 1 aliphatic rings. The summed E-state index contributed by atoms with van der Waals surface area (Å²) < 4.78 is 11.4. The maximum absolute atomic E-state index is 11.2. The summed E-state index contributed by atoms with van der Waals surface area (Å²) in [5.74, 6) is 5.29. The summed E-state index contributed by atoms with van der Waals surface area (Å²) in [4.78, 5) is 18.5. The second-order valence-electron chi connectivity index (χ2n) is 5.16. The molecule has 116 valence electrons. The zero-order valence-corrected chi connectivity index (χ0v) is 12.2. The van der Waals surface area contributed by atoms with Crippen LogP contribution in [0.15, 0.2) is 0 Å². The molecule has 1 fully saturated rings. The zero-order valence-electron chi connectivity index (χ0n) is 12.2. The van der Waals surface area contributed by atoms with Crippen molar-refractivity contribution in [2.45, 2.75) is 51.9 Å². The second kappa shape index (κ2) is 6.19. The maximum Gasteiger partial charge on any atom is 0.352 e. The van der Waals surface area contributed by atoms with Gasteiger partial charge in [-0.3, -0.25) is 15.5 Å². The van der Waals surface area contributed by atoms with E-state index in [0.29, 0.717) is 12.8 Å². The third-order valence-corrected chi connectivity index (χ3v) is 3.27. The SMILES string of the molecule is Cc1nc(NN)nc(OC2CC(C)OC(C)C2)c1[N+](=O)[O-]. The van der Waals surface area contributed by atoms with Crippen LogP contribution in [0.2, 0.25) is 0 Å². The number of nitrogens with one attached hydrogen (secondary N) is 1. The fourth-order valence-corrected chi connectivity index (χ4v) is 2.50. The van der Waals surface area contributed by atoms with Crippen LogP contribution in [0.3, 0.4) is 0 Å². The topological polar surface area (TPSA) is 125 Å². The zero-order chi connectivity index (χ0) is 15.6. The highest BCUT2D eigenvalue weighted by Crippen LogP contribution is 2.32. The molecule has 1 saturated heterocycles. The molecular formula is C12H19N5O4. The van der Waals surface area contributed by atoms with Crippen LogP contribution in [-0.4, -0.2) is 33.2 Å². The molecule has 2 atom stereocenters. The van der Waals surface area contributed by atoms with E-state index in [1.54, 1.807) is 0 Å². The molecule has 1 aromatic heterocycles. The first-order valence-electron chi connectivity index (χ1n) is 6.72. The summed E-state index contributed by atoms with van der Waals surface area (Å²) in [5, 5.41) is 11.2. The molecule has 3 N–H and O–H groups in total. The van der Waals surface area contributed by atoms with E-state index in [1.807, 2.05) is 13.8 Å². The maximum atomic E-state index is 11.2. The number of nitrogen functional groups attached to an aromatic ring is 1. The van der Waals surface area contributed by atoms with Gasteiger partial charge < -0.3 is 9.47 Å². The van der Waals surface area contributed by atoms with E-state index in [9.17, 15) is 10.1 Å². The molecule has 0 radical (unpaired) electrons. The molecule has 0 saturated carbocycles. The van der Waals surface area contributed by atoms with Crippen LogP contribution in [0, 0.1) is 17.0 Å². The van der Waals surface area contributed by atoms with Crippen LogP contribution < -0.4 is 16.0 Å². The number of rotatable bonds is 4. The Hall–Kier alpha value is -2.00. The largest absolute Gasteiger partial charge is 0.469 e. The van der Waals surface area contributed by atoms with Gasteiger partial charge >= 0.3 is 5.69 Å². The number of hydrazine groups is 1. The molecule has 2 rings (SSSR count). The molecule has 9 heteroatoms. The Morgan fingerprint density at radius 1 is 1.38 bits per heavy atom. The molecule has 2 heterocycles. The summed E-state index contributed by atoms with van der Waals surface area (Å²) >= 11 is 0. The number of nitrogens with two attached hydrogens (primary N) is 1. The molecule has 2 unspecified atom stereocenters. The Labute approximate surface area is 122 Å². The Kier molecular flexibility index (Phi) is 4.53. The minimum Gasteiger partial charge on any atom is -0.469 e. The van der Waals surface area contributed by atoms with E-state index in [2.05, 4.69) is 15.4 Å². The Bertz CT molecular complexity index is 529. The van der Waals surface area contributed by atoms with Crippen LogP contribution in [0.4, 0.5) is 11.6 Å². The Morgan fingerprint density at radius 2 is 2.00 bits per heavy atom. The number of nitro groups is 1. The number of ether oxygens (including phenoxy) is 2. The predicted molar refractivity (Wildman–Crippen MR) is 74.9 cm³/mol. The minimum atomic E-state index is -0.544. The van der Waals surface area contributed by atoms with E-state index in [4.69, 9.17) is 15.3 Å². The molecule has 1 aromatic rings. The van der Waals surface area contributed by atoms with E-state index < -0.39 is 4.92 Å². The molecule has 0 amide bonds. The van der Waals surface area contributed by atoms with Crippen molar-refractivity contribution in [1.82, 2.24) is 9.97 Å². The summed E-state index contributed by atoms with van der Waals surface area (Å²) in [6.07, 6.45) is 1.18. The number of hydrogen-bond donors (Lipinski definition) is 2. The van der Waals surface area contributed by atoms with Gasteiger partial charge in [-0.2, -0.15) is 4.98 Å². The van der Waals surface area contributed by atoms with E-state index in [-0.39, 0.29) is 41.5 Å². The summed E-state index contributed by atoms with van der Waals surface area (Å²) in [7, 11) is 0. The number of nitrogens with zero attached hydrogens (tertiary/aromatic N) is 3. The van der Waals surface area contributed by atoms with Gasteiger partial charge in [0.25, 0.3) is 5.88 Å². The number of aryl methyl sites for hydroxylation is 1. The van der Waals surface area contributed by atoms with Crippen molar-refractivity contribution in [3.8, 4) is 5.88 Å². The van der Waals surface area contributed by atoms with Crippen molar-refractivity contribution >= 4 is 11.6 Å². The lowest BCUT2D eigenvalue weighted by Crippen LogP contribution is -2.36. The predicted octanol–water partition coefficient (Wildman–Crippen LogP) is 1.31. The van der Waals surface area contributed by atoms with E-state index in [0.717, 1.165) is 0 Å². The van der Waals surface area contributed by atoms with E-state index in [1.165, 1.54) is 6.92 Å². The normalized spacial score (nSPS) is 25.4. The molecule has 0 spiro atoms. The average molecular weight is 297 g/mol. The number of aromatic nitrogens is 2. The molecule has 1 aliphatic heterocycles. The van der Waals surface area contributed by atoms with Gasteiger partial charge in [0.05, 0.1) is 17.1 Å². The van der Waals surface area contributed by atoms with Gasteiger partial charge in [0.1, 0.15) is 11.8 Å². The summed E-state index contributed by atoms with van der Waals surface area (Å²) in [5.41, 5.74) is 2.24. The molecule has 21 heavy (non-hydrogen) atoms. The Balaban J connectivity index is 2.29. The molecule has 0 aromatic carbocycles. The molecule has 0 bridgehead atoms. The van der Waals surface area contributed by atoms with Crippen molar-refractivity contribution in [3.63, 3.8) is 0 Å². The van der Waals surface area contributed by atoms with Gasteiger partial charge in [-0.15, -0.1) is 0 Å². The molecular weight excluding hydrogens is 278 g/mol. The lowest BCUT2D eigenvalue weighted by Gasteiger charge is -2.31. The average Bonchev–Trinajstić information content (AvgIpc) is 2.36. The highest BCUT2D eigenvalue weighted by molar-refractivity contribution is 5.48. The third-order valence-electron chi connectivity index (χ3n) is 3.27. The van der Waals surface area contributed by atoms with Crippen molar-refractivity contribution < 1.29 is 14.4 Å². The van der Waals surface area contributed by atoms with Crippen LogP contribution in [-0.2, 0) is 4.74 Å². The lowest BCUT2D eigenvalue weighted by molar-refractivity contribution is -0.387. The van der Waals surface area contributed by atoms with Gasteiger partial charge in [0.15, 0.2) is 0 Å². The monoisotopic (exact) mass is 297 g/mol. The first-order valence-corrected chi connectivity index (χ1v) is 6.72. The van der Waals surface area contributed by atoms with Crippen LogP contribution in [0.1, 0.15) is 32.4 Å².